The van der Waals surface area contributed by atoms with Crippen molar-refractivity contribution in [3.8, 4) is 0 Å². The van der Waals surface area contributed by atoms with Gasteiger partial charge in [-0.3, -0.25) is 0 Å². The van der Waals surface area contributed by atoms with Gasteiger partial charge < -0.3 is 9.47 Å². The molecule has 64 valence electrons. The van der Waals surface area contributed by atoms with Crippen LogP contribution in [0, 0.1) is 0 Å². The zero-order valence-electron chi connectivity index (χ0n) is 7.52. The van der Waals surface area contributed by atoms with Crippen LogP contribution in [0.5, 0.6) is 0 Å². The molecule has 1 aliphatic heterocycles. The summed E-state index contributed by atoms with van der Waals surface area (Å²) in [6, 6.07) is 0. The maximum Gasteiger partial charge on any atom is 0.163 e. The number of hydrogen-bond acceptors (Lipinski definition) is 2. The van der Waals surface area contributed by atoms with Gasteiger partial charge in [-0.1, -0.05) is 5.57 Å². The van der Waals surface area contributed by atoms with Gasteiger partial charge in [0.05, 0.1) is 12.7 Å². The van der Waals surface area contributed by atoms with Gasteiger partial charge in [0.1, 0.15) is 0 Å². The van der Waals surface area contributed by atoms with E-state index in [0.717, 1.165) is 12.0 Å². The Balaban J connectivity index is 2.36. The highest BCUT2D eigenvalue weighted by atomic mass is 16.7. The van der Waals surface area contributed by atoms with E-state index in [-0.39, 0.29) is 11.9 Å². The normalized spacial score (nSPS) is 28.8. The molecule has 2 heteroatoms. The molecule has 1 fully saturated rings. The molecule has 0 spiro atoms. The standard InChI is InChI=1S/C9H16O2/c1-7(2)5-8-6-10-9(3,4)11-8/h8H,1,5-6H2,2-4H3. The highest BCUT2D eigenvalue weighted by Crippen LogP contribution is 2.25. The molecule has 11 heavy (non-hydrogen) atoms. The van der Waals surface area contributed by atoms with Crippen LogP contribution in [-0.4, -0.2) is 18.5 Å². The summed E-state index contributed by atoms with van der Waals surface area (Å²) in [6.07, 6.45) is 1.12. The third kappa shape index (κ3) is 2.64. The Morgan fingerprint density at radius 2 is 2.27 bits per heavy atom. The molecule has 1 saturated heterocycles. The molecule has 1 aliphatic rings. The molecule has 0 bridgehead atoms. The molecule has 2 nitrogen and oxygen atoms in total. The van der Waals surface area contributed by atoms with E-state index < -0.39 is 0 Å². The maximum atomic E-state index is 5.58. The lowest BCUT2D eigenvalue weighted by Gasteiger charge is -2.16. The zero-order chi connectivity index (χ0) is 8.48. The Hall–Kier alpha value is -0.340. The summed E-state index contributed by atoms with van der Waals surface area (Å²) in [7, 11) is 0. The van der Waals surface area contributed by atoms with Crippen molar-refractivity contribution in [1.82, 2.24) is 0 Å². The second-order valence-electron chi connectivity index (χ2n) is 3.61. The van der Waals surface area contributed by atoms with Gasteiger partial charge in [-0.05, 0) is 27.2 Å². The smallest absolute Gasteiger partial charge is 0.163 e. The molecule has 0 N–H and O–H groups in total. The first-order valence-electron chi connectivity index (χ1n) is 3.96. The third-order valence-corrected chi connectivity index (χ3v) is 1.64. The lowest BCUT2D eigenvalue weighted by molar-refractivity contribution is -0.138. The van der Waals surface area contributed by atoms with Crippen molar-refractivity contribution in [3.63, 3.8) is 0 Å². The summed E-state index contributed by atoms with van der Waals surface area (Å²) in [5.41, 5.74) is 1.15. The highest BCUT2D eigenvalue weighted by Gasteiger charge is 2.32. The third-order valence-electron chi connectivity index (χ3n) is 1.64. The zero-order valence-corrected chi connectivity index (χ0v) is 7.52. The Morgan fingerprint density at radius 1 is 1.64 bits per heavy atom. The van der Waals surface area contributed by atoms with Gasteiger partial charge in [0.15, 0.2) is 5.79 Å². The van der Waals surface area contributed by atoms with Gasteiger partial charge in [0, 0.05) is 0 Å². The molecule has 0 radical (unpaired) electrons. The lowest BCUT2D eigenvalue weighted by Crippen LogP contribution is -2.21. The predicted molar refractivity (Wildman–Crippen MR) is 44.3 cm³/mol. The van der Waals surface area contributed by atoms with Crippen molar-refractivity contribution in [2.45, 2.75) is 39.1 Å². The summed E-state index contributed by atoms with van der Waals surface area (Å²) in [4.78, 5) is 0. The van der Waals surface area contributed by atoms with Crippen LogP contribution >= 0.6 is 0 Å². The van der Waals surface area contributed by atoms with Crippen molar-refractivity contribution in [2.75, 3.05) is 6.61 Å². The van der Waals surface area contributed by atoms with Gasteiger partial charge in [-0.25, -0.2) is 0 Å². The van der Waals surface area contributed by atoms with E-state index in [2.05, 4.69) is 6.58 Å². The van der Waals surface area contributed by atoms with E-state index in [1.165, 1.54) is 0 Å². The fourth-order valence-corrected chi connectivity index (χ4v) is 1.25. The van der Waals surface area contributed by atoms with Gasteiger partial charge in [0.25, 0.3) is 0 Å². The van der Waals surface area contributed by atoms with E-state index >= 15 is 0 Å². The maximum absolute atomic E-state index is 5.58. The average molecular weight is 156 g/mol. The number of ether oxygens (including phenoxy) is 2. The van der Waals surface area contributed by atoms with Gasteiger partial charge in [-0.2, -0.15) is 0 Å². The molecule has 0 aromatic rings. The molecule has 0 aromatic heterocycles. The number of rotatable bonds is 2. The van der Waals surface area contributed by atoms with Crippen LogP contribution in [-0.2, 0) is 9.47 Å². The highest BCUT2D eigenvalue weighted by molar-refractivity contribution is 4.92. The van der Waals surface area contributed by atoms with E-state index in [1.807, 2.05) is 20.8 Å². The lowest BCUT2D eigenvalue weighted by atomic mass is 10.1. The molecular weight excluding hydrogens is 140 g/mol. The van der Waals surface area contributed by atoms with Crippen LogP contribution in [0.3, 0.4) is 0 Å². The first-order chi connectivity index (χ1) is 4.99. The molecule has 0 saturated carbocycles. The first kappa shape index (κ1) is 8.75. The molecular formula is C9H16O2. The van der Waals surface area contributed by atoms with Gasteiger partial charge >= 0.3 is 0 Å². The largest absolute Gasteiger partial charge is 0.348 e. The Labute approximate surface area is 68.2 Å². The Morgan fingerprint density at radius 3 is 2.64 bits per heavy atom. The number of hydrogen-bond donors (Lipinski definition) is 0. The molecule has 1 unspecified atom stereocenters. The van der Waals surface area contributed by atoms with Crippen LogP contribution in [0.2, 0.25) is 0 Å². The monoisotopic (exact) mass is 156 g/mol. The molecule has 1 rings (SSSR count). The topological polar surface area (TPSA) is 18.5 Å². The van der Waals surface area contributed by atoms with Crippen LogP contribution in [0.1, 0.15) is 27.2 Å². The van der Waals surface area contributed by atoms with E-state index in [1.54, 1.807) is 0 Å². The van der Waals surface area contributed by atoms with E-state index in [9.17, 15) is 0 Å². The quantitative estimate of drug-likeness (QED) is 0.570. The minimum Gasteiger partial charge on any atom is -0.348 e. The second kappa shape index (κ2) is 2.95. The van der Waals surface area contributed by atoms with Crippen molar-refractivity contribution >= 4 is 0 Å². The molecule has 1 atom stereocenters. The van der Waals surface area contributed by atoms with Gasteiger partial charge in [0.2, 0.25) is 0 Å². The van der Waals surface area contributed by atoms with Crippen LogP contribution in [0.4, 0.5) is 0 Å². The molecule has 0 amide bonds. The summed E-state index contributed by atoms with van der Waals surface area (Å²) in [5, 5.41) is 0. The molecule has 0 aliphatic carbocycles. The SMILES string of the molecule is C=C(C)CC1COC(C)(C)O1. The summed E-state index contributed by atoms with van der Waals surface area (Å²) in [5.74, 6) is -0.389. The van der Waals surface area contributed by atoms with Crippen molar-refractivity contribution < 1.29 is 9.47 Å². The Bertz CT molecular complexity index is 161. The average Bonchev–Trinajstić information content (AvgIpc) is 2.08. The van der Waals surface area contributed by atoms with Crippen molar-refractivity contribution in [1.29, 1.82) is 0 Å². The van der Waals surface area contributed by atoms with Gasteiger partial charge in [-0.15, -0.1) is 6.58 Å². The molecule has 0 aromatic carbocycles. The predicted octanol–water partition coefficient (Wildman–Crippen LogP) is 2.10. The first-order valence-corrected chi connectivity index (χ1v) is 3.96. The Kier molecular flexibility index (Phi) is 2.35. The second-order valence-corrected chi connectivity index (χ2v) is 3.61. The minimum atomic E-state index is -0.389. The molecule has 1 heterocycles. The summed E-state index contributed by atoms with van der Waals surface area (Å²) in [6.45, 7) is 10.4. The van der Waals surface area contributed by atoms with Crippen molar-refractivity contribution in [2.24, 2.45) is 0 Å². The summed E-state index contributed by atoms with van der Waals surface area (Å²) < 4.78 is 11.0. The fraction of sp³-hybridized carbons (Fsp3) is 0.778. The summed E-state index contributed by atoms with van der Waals surface area (Å²) >= 11 is 0. The van der Waals surface area contributed by atoms with Crippen LogP contribution in [0.15, 0.2) is 12.2 Å². The van der Waals surface area contributed by atoms with Crippen LogP contribution < -0.4 is 0 Å². The fourth-order valence-electron chi connectivity index (χ4n) is 1.25. The van der Waals surface area contributed by atoms with Crippen molar-refractivity contribution in [3.05, 3.63) is 12.2 Å². The van der Waals surface area contributed by atoms with Crippen LogP contribution in [0.25, 0.3) is 0 Å². The van der Waals surface area contributed by atoms with E-state index in [0.29, 0.717) is 6.61 Å². The minimum absolute atomic E-state index is 0.211. The van der Waals surface area contributed by atoms with E-state index in [4.69, 9.17) is 9.47 Å².